The highest BCUT2D eigenvalue weighted by molar-refractivity contribution is 5.92. The maximum Gasteiger partial charge on any atom is 0.273 e. The standard InChI is InChI=1S/C17H27N5O/c1-11(15-9-12-2-3-13(15)8-12)19-17(23)16-10-22(21-20-16)14-4-6-18-7-5-14/h10-15,18H,2-9H2,1H3,(H,19,23). The van der Waals surface area contributed by atoms with Gasteiger partial charge < -0.3 is 10.6 Å². The van der Waals surface area contributed by atoms with Gasteiger partial charge in [-0.3, -0.25) is 4.79 Å². The number of hydrogen-bond donors (Lipinski definition) is 2. The van der Waals surface area contributed by atoms with E-state index in [1.54, 1.807) is 0 Å². The molecule has 3 fully saturated rings. The van der Waals surface area contributed by atoms with Crippen molar-refractivity contribution in [2.75, 3.05) is 13.1 Å². The maximum atomic E-state index is 12.5. The van der Waals surface area contributed by atoms with Crippen LogP contribution in [0.5, 0.6) is 0 Å². The third kappa shape index (κ3) is 3.01. The molecule has 1 aromatic heterocycles. The lowest BCUT2D eigenvalue weighted by Gasteiger charge is -2.28. The predicted molar refractivity (Wildman–Crippen MR) is 87.0 cm³/mol. The first kappa shape index (κ1) is 15.1. The van der Waals surface area contributed by atoms with Crippen molar-refractivity contribution >= 4 is 5.91 Å². The van der Waals surface area contributed by atoms with E-state index >= 15 is 0 Å². The van der Waals surface area contributed by atoms with Crippen LogP contribution in [-0.2, 0) is 0 Å². The third-order valence-electron chi connectivity index (χ3n) is 6.22. The van der Waals surface area contributed by atoms with Gasteiger partial charge in [-0.15, -0.1) is 5.10 Å². The van der Waals surface area contributed by atoms with Gasteiger partial charge >= 0.3 is 0 Å². The van der Waals surface area contributed by atoms with E-state index in [2.05, 4.69) is 27.9 Å². The summed E-state index contributed by atoms with van der Waals surface area (Å²) in [6.45, 7) is 4.17. The molecule has 1 aliphatic heterocycles. The fourth-order valence-corrected chi connectivity index (χ4v) is 4.92. The molecule has 2 bridgehead atoms. The Hall–Kier alpha value is -1.43. The van der Waals surface area contributed by atoms with E-state index in [0.717, 1.165) is 37.8 Å². The molecular weight excluding hydrogens is 290 g/mol. The number of fused-ring (bicyclic) bond motifs is 2. The molecule has 6 nitrogen and oxygen atoms in total. The van der Waals surface area contributed by atoms with Gasteiger partial charge in [-0.2, -0.15) is 0 Å². The Morgan fingerprint density at radius 3 is 2.83 bits per heavy atom. The van der Waals surface area contributed by atoms with Gasteiger partial charge in [0, 0.05) is 6.04 Å². The topological polar surface area (TPSA) is 71.8 Å². The molecule has 3 aliphatic rings. The molecule has 1 aromatic rings. The minimum Gasteiger partial charge on any atom is -0.348 e. The fourth-order valence-electron chi connectivity index (χ4n) is 4.92. The second-order valence-electron chi connectivity index (χ2n) is 7.67. The van der Waals surface area contributed by atoms with E-state index in [9.17, 15) is 4.79 Å². The minimum absolute atomic E-state index is 0.0690. The van der Waals surface area contributed by atoms with E-state index in [0.29, 0.717) is 17.7 Å². The van der Waals surface area contributed by atoms with E-state index in [4.69, 9.17) is 0 Å². The summed E-state index contributed by atoms with van der Waals surface area (Å²) in [6, 6.07) is 0.607. The van der Waals surface area contributed by atoms with Crippen LogP contribution in [0, 0.1) is 17.8 Å². The van der Waals surface area contributed by atoms with Crippen molar-refractivity contribution in [2.45, 2.75) is 57.5 Å². The van der Waals surface area contributed by atoms with Crippen LogP contribution in [0.3, 0.4) is 0 Å². The zero-order valence-corrected chi connectivity index (χ0v) is 13.9. The molecule has 0 aromatic carbocycles. The van der Waals surface area contributed by atoms with Gasteiger partial charge in [0.1, 0.15) is 0 Å². The number of nitrogens with zero attached hydrogens (tertiary/aromatic N) is 3. The first-order valence-corrected chi connectivity index (χ1v) is 9.14. The van der Waals surface area contributed by atoms with Crippen LogP contribution in [0.15, 0.2) is 6.20 Å². The Balaban J connectivity index is 1.36. The Kier molecular flexibility index (Phi) is 4.09. The molecule has 1 amide bonds. The summed E-state index contributed by atoms with van der Waals surface area (Å²) in [5.41, 5.74) is 0.457. The van der Waals surface area contributed by atoms with Crippen LogP contribution in [0.4, 0.5) is 0 Å². The van der Waals surface area contributed by atoms with Gasteiger partial charge in [0.05, 0.1) is 12.2 Å². The molecule has 126 valence electrons. The van der Waals surface area contributed by atoms with E-state index in [1.807, 2.05) is 10.9 Å². The van der Waals surface area contributed by atoms with Crippen molar-refractivity contribution < 1.29 is 4.79 Å². The molecule has 23 heavy (non-hydrogen) atoms. The molecular formula is C17H27N5O. The number of rotatable bonds is 4. The molecule has 1 saturated heterocycles. The fraction of sp³-hybridized carbons (Fsp3) is 0.824. The zero-order valence-electron chi connectivity index (χ0n) is 13.9. The molecule has 4 rings (SSSR count). The second kappa shape index (κ2) is 6.23. The number of carbonyl (C=O) groups is 1. The van der Waals surface area contributed by atoms with Crippen molar-refractivity contribution in [1.29, 1.82) is 0 Å². The lowest BCUT2D eigenvalue weighted by Crippen LogP contribution is -2.40. The van der Waals surface area contributed by atoms with Crippen molar-refractivity contribution in [2.24, 2.45) is 17.8 Å². The molecule has 4 unspecified atom stereocenters. The smallest absolute Gasteiger partial charge is 0.273 e. The number of carbonyl (C=O) groups excluding carboxylic acids is 1. The van der Waals surface area contributed by atoms with Gasteiger partial charge in [-0.1, -0.05) is 11.6 Å². The van der Waals surface area contributed by atoms with Crippen molar-refractivity contribution in [1.82, 2.24) is 25.6 Å². The van der Waals surface area contributed by atoms with Gasteiger partial charge in [-0.05, 0) is 69.9 Å². The van der Waals surface area contributed by atoms with Crippen LogP contribution in [0.2, 0.25) is 0 Å². The summed E-state index contributed by atoms with van der Waals surface area (Å²) in [6.07, 6.45) is 9.31. The SMILES string of the molecule is CC(NC(=O)c1cn(C2CCNCC2)nn1)C1CC2CCC1C2. The normalized spacial score (nSPS) is 32.1. The predicted octanol–water partition coefficient (Wildman–Crippen LogP) is 1.76. The van der Waals surface area contributed by atoms with Gasteiger partial charge in [0.25, 0.3) is 5.91 Å². The monoisotopic (exact) mass is 317 g/mol. The van der Waals surface area contributed by atoms with Gasteiger partial charge in [0.15, 0.2) is 5.69 Å². The second-order valence-corrected chi connectivity index (χ2v) is 7.67. The quantitative estimate of drug-likeness (QED) is 0.887. The number of aromatic nitrogens is 3. The Bertz CT molecular complexity index is 565. The van der Waals surface area contributed by atoms with Crippen LogP contribution in [0.25, 0.3) is 0 Å². The molecule has 4 atom stereocenters. The van der Waals surface area contributed by atoms with E-state index in [1.165, 1.54) is 25.7 Å². The van der Waals surface area contributed by atoms with Crippen molar-refractivity contribution in [3.8, 4) is 0 Å². The summed E-state index contributed by atoms with van der Waals surface area (Å²) < 4.78 is 1.87. The number of nitrogens with one attached hydrogen (secondary N) is 2. The Morgan fingerprint density at radius 1 is 1.30 bits per heavy atom. The Labute approximate surface area is 137 Å². The van der Waals surface area contributed by atoms with Crippen LogP contribution < -0.4 is 10.6 Å². The molecule has 2 heterocycles. The summed E-state index contributed by atoms with van der Waals surface area (Å²) in [5.74, 6) is 2.31. The molecule has 2 aliphatic carbocycles. The molecule has 0 spiro atoms. The van der Waals surface area contributed by atoms with Crippen LogP contribution in [0.1, 0.15) is 62.0 Å². The largest absolute Gasteiger partial charge is 0.348 e. The first-order valence-electron chi connectivity index (χ1n) is 9.14. The van der Waals surface area contributed by atoms with Crippen molar-refractivity contribution in [3.63, 3.8) is 0 Å². The van der Waals surface area contributed by atoms with E-state index < -0.39 is 0 Å². The summed E-state index contributed by atoms with van der Waals surface area (Å²) in [4.78, 5) is 12.5. The lowest BCUT2D eigenvalue weighted by atomic mass is 9.84. The average molecular weight is 317 g/mol. The molecule has 2 N–H and O–H groups in total. The number of amides is 1. The van der Waals surface area contributed by atoms with Crippen LogP contribution in [-0.4, -0.2) is 40.0 Å². The Morgan fingerprint density at radius 2 is 2.13 bits per heavy atom. The highest BCUT2D eigenvalue weighted by Gasteiger charge is 2.42. The molecule has 2 saturated carbocycles. The summed E-state index contributed by atoms with van der Waals surface area (Å²) in [7, 11) is 0. The maximum absolute atomic E-state index is 12.5. The third-order valence-corrected chi connectivity index (χ3v) is 6.22. The molecule has 6 heteroatoms. The minimum atomic E-state index is -0.0690. The highest BCUT2D eigenvalue weighted by Crippen LogP contribution is 2.49. The van der Waals surface area contributed by atoms with Crippen molar-refractivity contribution in [3.05, 3.63) is 11.9 Å². The van der Waals surface area contributed by atoms with Gasteiger partial charge in [-0.25, -0.2) is 4.68 Å². The number of piperidine rings is 1. The lowest BCUT2D eigenvalue weighted by molar-refractivity contribution is 0.0910. The zero-order chi connectivity index (χ0) is 15.8. The first-order chi connectivity index (χ1) is 11.2. The summed E-state index contributed by atoms with van der Waals surface area (Å²) >= 11 is 0. The van der Waals surface area contributed by atoms with E-state index in [-0.39, 0.29) is 11.9 Å². The van der Waals surface area contributed by atoms with Gasteiger partial charge in [0.2, 0.25) is 0 Å². The number of hydrogen-bond acceptors (Lipinski definition) is 4. The summed E-state index contributed by atoms with van der Waals surface area (Å²) in [5, 5.41) is 14.8. The van der Waals surface area contributed by atoms with Crippen LogP contribution >= 0.6 is 0 Å². The molecule has 0 radical (unpaired) electrons. The average Bonchev–Trinajstić information content (AvgIpc) is 3.31. The highest BCUT2D eigenvalue weighted by atomic mass is 16.2.